The first-order valence-electron chi connectivity index (χ1n) is 7.21. The molecule has 6 nitrogen and oxygen atoms in total. The maximum atomic E-state index is 12.2. The SMILES string of the molecule is CCNC(=O)NC(=O)C(C)N1CC(N)Cc2ccccc21. The number of nitrogens with zero attached hydrogens (tertiary/aromatic N) is 1. The molecule has 0 saturated heterocycles. The molecule has 3 amide bonds. The molecule has 0 bridgehead atoms. The van der Waals surface area contributed by atoms with Crippen molar-refractivity contribution in [1.29, 1.82) is 0 Å². The van der Waals surface area contributed by atoms with Crippen LogP contribution in [0.3, 0.4) is 0 Å². The van der Waals surface area contributed by atoms with Crippen molar-refractivity contribution in [2.45, 2.75) is 32.4 Å². The van der Waals surface area contributed by atoms with Gasteiger partial charge in [0.05, 0.1) is 0 Å². The van der Waals surface area contributed by atoms with Crippen LogP contribution in [0.1, 0.15) is 19.4 Å². The van der Waals surface area contributed by atoms with Crippen LogP contribution in [0.5, 0.6) is 0 Å². The molecule has 0 radical (unpaired) electrons. The summed E-state index contributed by atoms with van der Waals surface area (Å²) in [5.74, 6) is -0.329. The van der Waals surface area contributed by atoms with E-state index in [4.69, 9.17) is 5.73 Å². The van der Waals surface area contributed by atoms with Gasteiger partial charge in [-0.25, -0.2) is 4.79 Å². The molecule has 21 heavy (non-hydrogen) atoms. The fourth-order valence-corrected chi connectivity index (χ4v) is 2.59. The van der Waals surface area contributed by atoms with E-state index >= 15 is 0 Å². The standard InChI is InChI=1S/C15H22N4O2/c1-3-17-15(21)18-14(20)10(2)19-9-12(16)8-11-6-4-5-7-13(11)19/h4-7,10,12H,3,8-9,16H2,1-2H3,(H2,17,18,20,21). The first-order chi connectivity index (χ1) is 10.0. The number of nitrogens with one attached hydrogen (secondary N) is 2. The minimum absolute atomic E-state index is 0.0142. The van der Waals surface area contributed by atoms with E-state index in [1.807, 2.05) is 29.2 Å². The summed E-state index contributed by atoms with van der Waals surface area (Å²) in [6.45, 7) is 4.66. The normalized spacial score (nSPS) is 18.6. The van der Waals surface area contributed by atoms with Crippen molar-refractivity contribution in [3.05, 3.63) is 29.8 Å². The van der Waals surface area contributed by atoms with E-state index in [1.165, 1.54) is 0 Å². The van der Waals surface area contributed by atoms with E-state index in [0.717, 1.165) is 17.7 Å². The summed E-state index contributed by atoms with van der Waals surface area (Å²) in [6, 6.07) is 6.97. The maximum Gasteiger partial charge on any atom is 0.321 e. The predicted octanol–water partition coefficient (Wildman–Crippen LogP) is 0.611. The quantitative estimate of drug-likeness (QED) is 0.761. The van der Waals surface area contributed by atoms with Gasteiger partial charge in [0.15, 0.2) is 0 Å². The molecule has 2 rings (SSSR count). The highest BCUT2D eigenvalue weighted by molar-refractivity contribution is 5.98. The number of nitrogens with two attached hydrogens (primary N) is 1. The Morgan fingerprint density at radius 1 is 1.43 bits per heavy atom. The molecule has 6 heteroatoms. The number of urea groups is 1. The van der Waals surface area contributed by atoms with Crippen LogP contribution in [-0.4, -0.2) is 37.1 Å². The molecule has 0 aromatic heterocycles. The van der Waals surface area contributed by atoms with Crippen molar-refractivity contribution in [3.63, 3.8) is 0 Å². The Bertz CT molecular complexity index is 532. The number of hydrogen-bond donors (Lipinski definition) is 3. The number of carbonyl (C=O) groups excluding carboxylic acids is 2. The molecule has 1 aliphatic heterocycles. The summed E-state index contributed by atoms with van der Waals surface area (Å²) in [6.07, 6.45) is 0.803. The van der Waals surface area contributed by atoms with Crippen molar-refractivity contribution < 1.29 is 9.59 Å². The Morgan fingerprint density at radius 2 is 2.14 bits per heavy atom. The summed E-state index contributed by atoms with van der Waals surface area (Å²) in [4.78, 5) is 25.6. The molecule has 0 aliphatic carbocycles. The van der Waals surface area contributed by atoms with Crippen LogP contribution < -0.4 is 21.3 Å². The minimum Gasteiger partial charge on any atom is -0.358 e. The molecule has 0 fully saturated rings. The third-order valence-electron chi connectivity index (χ3n) is 3.64. The second kappa shape index (κ2) is 6.58. The number of benzene rings is 1. The van der Waals surface area contributed by atoms with Gasteiger partial charge >= 0.3 is 6.03 Å². The van der Waals surface area contributed by atoms with Crippen LogP contribution in [-0.2, 0) is 11.2 Å². The molecule has 2 atom stereocenters. The number of amides is 3. The van der Waals surface area contributed by atoms with Gasteiger partial charge in [-0.15, -0.1) is 0 Å². The Labute approximate surface area is 124 Å². The van der Waals surface area contributed by atoms with Gasteiger partial charge in [0.1, 0.15) is 6.04 Å². The molecule has 0 saturated carbocycles. The molecule has 0 spiro atoms. The highest BCUT2D eigenvalue weighted by atomic mass is 16.2. The average molecular weight is 290 g/mol. The molecule has 1 aromatic rings. The first-order valence-corrected chi connectivity index (χ1v) is 7.21. The number of carbonyl (C=O) groups is 2. The zero-order chi connectivity index (χ0) is 15.4. The van der Waals surface area contributed by atoms with Gasteiger partial charge < -0.3 is 16.0 Å². The molecular weight excluding hydrogens is 268 g/mol. The minimum atomic E-state index is -0.469. The van der Waals surface area contributed by atoms with E-state index in [-0.39, 0.29) is 11.9 Å². The Morgan fingerprint density at radius 3 is 2.86 bits per heavy atom. The molecule has 114 valence electrons. The van der Waals surface area contributed by atoms with Crippen LogP contribution in [0.2, 0.25) is 0 Å². The Balaban J connectivity index is 2.13. The molecular formula is C15H22N4O2. The lowest BCUT2D eigenvalue weighted by Gasteiger charge is -2.38. The van der Waals surface area contributed by atoms with E-state index in [0.29, 0.717) is 13.1 Å². The predicted molar refractivity (Wildman–Crippen MR) is 82.1 cm³/mol. The van der Waals surface area contributed by atoms with Crippen molar-refractivity contribution in [3.8, 4) is 0 Å². The second-order valence-corrected chi connectivity index (χ2v) is 5.27. The summed E-state index contributed by atoms with van der Waals surface area (Å²) >= 11 is 0. The average Bonchev–Trinajstić information content (AvgIpc) is 2.45. The van der Waals surface area contributed by atoms with E-state index < -0.39 is 12.1 Å². The Hall–Kier alpha value is -2.08. The van der Waals surface area contributed by atoms with Crippen LogP contribution in [0.4, 0.5) is 10.5 Å². The number of rotatable bonds is 3. The number of imide groups is 1. The lowest BCUT2D eigenvalue weighted by molar-refractivity contribution is -0.121. The van der Waals surface area contributed by atoms with Crippen LogP contribution in [0.25, 0.3) is 0 Å². The lowest BCUT2D eigenvalue weighted by atomic mass is 9.97. The van der Waals surface area contributed by atoms with Gasteiger partial charge in [-0.05, 0) is 31.9 Å². The van der Waals surface area contributed by atoms with Crippen LogP contribution >= 0.6 is 0 Å². The van der Waals surface area contributed by atoms with Gasteiger partial charge in [-0.2, -0.15) is 0 Å². The summed E-state index contributed by atoms with van der Waals surface area (Å²) in [7, 11) is 0. The third kappa shape index (κ3) is 3.52. The summed E-state index contributed by atoms with van der Waals surface area (Å²) in [5, 5.41) is 4.90. The van der Waals surface area contributed by atoms with Crippen molar-refractivity contribution in [2.24, 2.45) is 5.73 Å². The topological polar surface area (TPSA) is 87.5 Å². The highest BCUT2D eigenvalue weighted by Gasteiger charge is 2.29. The summed E-state index contributed by atoms with van der Waals surface area (Å²) < 4.78 is 0. The van der Waals surface area contributed by atoms with Gasteiger partial charge in [-0.3, -0.25) is 10.1 Å². The maximum absolute atomic E-state index is 12.2. The van der Waals surface area contributed by atoms with Gasteiger partial charge in [0.2, 0.25) is 5.91 Å². The molecule has 4 N–H and O–H groups in total. The fraction of sp³-hybridized carbons (Fsp3) is 0.467. The van der Waals surface area contributed by atoms with E-state index in [1.54, 1.807) is 13.8 Å². The van der Waals surface area contributed by atoms with Crippen molar-refractivity contribution >= 4 is 17.6 Å². The first kappa shape index (κ1) is 15.3. The number of fused-ring (bicyclic) bond motifs is 1. The smallest absolute Gasteiger partial charge is 0.321 e. The third-order valence-corrected chi connectivity index (χ3v) is 3.64. The lowest BCUT2D eigenvalue weighted by Crippen LogP contribution is -2.54. The molecule has 1 aromatic carbocycles. The summed E-state index contributed by atoms with van der Waals surface area (Å²) in [5.41, 5.74) is 8.22. The van der Waals surface area contributed by atoms with Crippen molar-refractivity contribution in [2.75, 3.05) is 18.0 Å². The van der Waals surface area contributed by atoms with E-state index in [2.05, 4.69) is 10.6 Å². The highest BCUT2D eigenvalue weighted by Crippen LogP contribution is 2.28. The second-order valence-electron chi connectivity index (χ2n) is 5.27. The number of hydrogen-bond acceptors (Lipinski definition) is 4. The van der Waals surface area contributed by atoms with E-state index in [9.17, 15) is 9.59 Å². The molecule has 2 unspecified atom stereocenters. The van der Waals surface area contributed by atoms with Crippen LogP contribution in [0, 0.1) is 0 Å². The fourth-order valence-electron chi connectivity index (χ4n) is 2.59. The molecule has 1 heterocycles. The van der Waals surface area contributed by atoms with Gasteiger partial charge in [0, 0.05) is 24.8 Å². The van der Waals surface area contributed by atoms with Gasteiger partial charge in [-0.1, -0.05) is 18.2 Å². The van der Waals surface area contributed by atoms with Gasteiger partial charge in [0.25, 0.3) is 0 Å². The molecule has 1 aliphatic rings. The largest absolute Gasteiger partial charge is 0.358 e. The number of anilines is 1. The van der Waals surface area contributed by atoms with Crippen molar-refractivity contribution in [1.82, 2.24) is 10.6 Å². The zero-order valence-corrected chi connectivity index (χ0v) is 12.4. The monoisotopic (exact) mass is 290 g/mol. The Kier molecular flexibility index (Phi) is 4.80. The zero-order valence-electron chi connectivity index (χ0n) is 12.4. The van der Waals surface area contributed by atoms with Crippen LogP contribution in [0.15, 0.2) is 24.3 Å². The number of para-hydroxylation sites is 1.